The molecule has 3 heteroatoms. The first-order chi connectivity index (χ1) is 8.69. The van der Waals surface area contributed by atoms with E-state index < -0.39 is 0 Å². The smallest absolute Gasteiger partial charge is 0.123 e. The Kier molecular flexibility index (Phi) is 3.12. The van der Waals surface area contributed by atoms with Crippen molar-refractivity contribution < 1.29 is 9.13 Å². The van der Waals surface area contributed by atoms with E-state index >= 15 is 0 Å². The van der Waals surface area contributed by atoms with Gasteiger partial charge < -0.3 is 10.5 Å². The SMILES string of the molecule is NC(c1ccc(F)cc1)C1CCOC2(CCC2)C1. The van der Waals surface area contributed by atoms with Gasteiger partial charge in [0.1, 0.15) is 5.82 Å². The van der Waals surface area contributed by atoms with Gasteiger partial charge in [0.05, 0.1) is 5.60 Å². The van der Waals surface area contributed by atoms with Crippen molar-refractivity contribution in [2.75, 3.05) is 6.61 Å². The Morgan fingerprint density at radius 1 is 1.28 bits per heavy atom. The van der Waals surface area contributed by atoms with Crippen molar-refractivity contribution >= 4 is 0 Å². The molecule has 1 aliphatic carbocycles. The summed E-state index contributed by atoms with van der Waals surface area (Å²) in [6.07, 6.45) is 5.71. The summed E-state index contributed by atoms with van der Waals surface area (Å²) in [7, 11) is 0. The number of nitrogens with two attached hydrogens (primary N) is 1. The minimum Gasteiger partial charge on any atom is -0.375 e. The maximum Gasteiger partial charge on any atom is 0.123 e. The fourth-order valence-electron chi connectivity index (χ4n) is 3.25. The minimum atomic E-state index is -0.201. The minimum absolute atomic E-state index is 0.00646. The van der Waals surface area contributed by atoms with Crippen LogP contribution in [0.15, 0.2) is 24.3 Å². The van der Waals surface area contributed by atoms with Gasteiger partial charge in [-0.1, -0.05) is 12.1 Å². The van der Waals surface area contributed by atoms with Crippen LogP contribution in [-0.4, -0.2) is 12.2 Å². The van der Waals surface area contributed by atoms with Gasteiger partial charge in [-0.05, 0) is 55.7 Å². The van der Waals surface area contributed by atoms with Crippen LogP contribution in [0.3, 0.4) is 0 Å². The Hall–Kier alpha value is -0.930. The van der Waals surface area contributed by atoms with Crippen LogP contribution in [0.2, 0.25) is 0 Å². The maximum atomic E-state index is 12.9. The molecule has 2 N–H and O–H groups in total. The summed E-state index contributed by atoms with van der Waals surface area (Å²) in [4.78, 5) is 0. The van der Waals surface area contributed by atoms with E-state index in [9.17, 15) is 4.39 Å². The van der Waals surface area contributed by atoms with Crippen molar-refractivity contribution in [1.82, 2.24) is 0 Å². The molecule has 1 aromatic rings. The highest BCUT2D eigenvalue weighted by atomic mass is 19.1. The van der Waals surface area contributed by atoms with Crippen molar-refractivity contribution in [2.45, 2.75) is 43.7 Å². The summed E-state index contributed by atoms with van der Waals surface area (Å²) < 4.78 is 18.8. The molecule has 0 amide bonds. The molecule has 2 aliphatic rings. The number of hydrogen-bond donors (Lipinski definition) is 1. The van der Waals surface area contributed by atoms with Gasteiger partial charge in [0.15, 0.2) is 0 Å². The predicted molar refractivity (Wildman–Crippen MR) is 68.6 cm³/mol. The Morgan fingerprint density at radius 3 is 2.61 bits per heavy atom. The third-order valence-electron chi connectivity index (χ3n) is 4.56. The lowest BCUT2D eigenvalue weighted by Gasteiger charge is -2.48. The summed E-state index contributed by atoms with van der Waals surface area (Å²) in [6, 6.07) is 6.61. The molecule has 0 aromatic heterocycles. The molecule has 2 unspecified atom stereocenters. The largest absolute Gasteiger partial charge is 0.375 e. The Morgan fingerprint density at radius 2 is 2.00 bits per heavy atom. The molecule has 1 saturated carbocycles. The van der Waals surface area contributed by atoms with Crippen LogP contribution in [0.1, 0.15) is 43.7 Å². The zero-order chi connectivity index (χ0) is 12.6. The number of rotatable bonds is 2. The predicted octanol–water partition coefficient (Wildman–Crippen LogP) is 3.17. The molecule has 2 atom stereocenters. The lowest BCUT2D eigenvalue weighted by Crippen LogP contribution is -2.47. The zero-order valence-corrected chi connectivity index (χ0v) is 10.6. The van der Waals surface area contributed by atoms with Crippen LogP contribution in [0, 0.1) is 11.7 Å². The topological polar surface area (TPSA) is 35.2 Å². The highest BCUT2D eigenvalue weighted by Gasteiger charge is 2.43. The number of ether oxygens (including phenoxy) is 1. The molecule has 2 fully saturated rings. The molecule has 1 spiro atoms. The molecule has 1 aliphatic heterocycles. The normalized spacial score (nSPS) is 27.8. The highest BCUT2D eigenvalue weighted by molar-refractivity contribution is 5.20. The summed E-state index contributed by atoms with van der Waals surface area (Å²) in [5.41, 5.74) is 7.51. The molecule has 98 valence electrons. The van der Waals surface area contributed by atoms with Crippen LogP contribution < -0.4 is 5.73 Å². The summed E-state index contributed by atoms with van der Waals surface area (Å²) in [6.45, 7) is 0.819. The van der Waals surface area contributed by atoms with E-state index in [1.54, 1.807) is 0 Å². The second-order valence-electron chi connectivity index (χ2n) is 5.72. The first-order valence-electron chi connectivity index (χ1n) is 6.84. The molecule has 1 saturated heterocycles. The lowest BCUT2D eigenvalue weighted by molar-refractivity contribution is -0.146. The van der Waals surface area contributed by atoms with Crippen molar-refractivity contribution in [3.05, 3.63) is 35.6 Å². The van der Waals surface area contributed by atoms with E-state index in [0.29, 0.717) is 5.92 Å². The van der Waals surface area contributed by atoms with E-state index in [2.05, 4.69) is 0 Å². The van der Waals surface area contributed by atoms with E-state index in [0.717, 1.165) is 25.0 Å². The second-order valence-corrected chi connectivity index (χ2v) is 5.72. The summed E-state index contributed by atoms with van der Waals surface area (Å²) in [5.74, 6) is 0.262. The van der Waals surface area contributed by atoms with Crippen molar-refractivity contribution in [3.63, 3.8) is 0 Å². The van der Waals surface area contributed by atoms with Gasteiger partial charge in [0, 0.05) is 12.6 Å². The van der Waals surface area contributed by atoms with Crippen molar-refractivity contribution in [1.29, 1.82) is 0 Å². The Balaban J connectivity index is 1.71. The average molecular weight is 249 g/mol. The van der Waals surface area contributed by atoms with Crippen LogP contribution in [0.25, 0.3) is 0 Å². The molecule has 0 radical (unpaired) electrons. The highest BCUT2D eigenvalue weighted by Crippen LogP contribution is 2.46. The molecule has 3 rings (SSSR count). The molecule has 1 aromatic carbocycles. The second kappa shape index (κ2) is 4.63. The van der Waals surface area contributed by atoms with Gasteiger partial charge in [-0.25, -0.2) is 4.39 Å². The summed E-state index contributed by atoms with van der Waals surface area (Å²) >= 11 is 0. The molecule has 1 heterocycles. The standard InChI is InChI=1S/C15H20FNO/c16-13-4-2-11(3-5-13)14(17)12-6-9-18-15(10-12)7-1-8-15/h2-5,12,14H,1,6-10,17H2. The van der Waals surface area contributed by atoms with Gasteiger partial charge in [0.25, 0.3) is 0 Å². The van der Waals surface area contributed by atoms with Gasteiger partial charge in [-0.2, -0.15) is 0 Å². The molecule has 2 nitrogen and oxygen atoms in total. The molecule has 0 bridgehead atoms. The Labute approximate surface area is 107 Å². The third-order valence-corrected chi connectivity index (χ3v) is 4.56. The average Bonchev–Trinajstić information content (AvgIpc) is 2.37. The first-order valence-corrected chi connectivity index (χ1v) is 6.84. The van der Waals surface area contributed by atoms with Crippen LogP contribution in [-0.2, 0) is 4.74 Å². The zero-order valence-electron chi connectivity index (χ0n) is 10.6. The fourth-order valence-corrected chi connectivity index (χ4v) is 3.25. The van der Waals surface area contributed by atoms with Gasteiger partial charge >= 0.3 is 0 Å². The van der Waals surface area contributed by atoms with Crippen LogP contribution in [0.5, 0.6) is 0 Å². The third kappa shape index (κ3) is 2.17. The number of halogens is 1. The Bertz CT molecular complexity index is 413. The van der Waals surface area contributed by atoms with Gasteiger partial charge in [-0.15, -0.1) is 0 Å². The van der Waals surface area contributed by atoms with Crippen molar-refractivity contribution in [3.8, 4) is 0 Å². The lowest BCUT2D eigenvalue weighted by atomic mass is 9.70. The monoisotopic (exact) mass is 249 g/mol. The number of hydrogen-bond acceptors (Lipinski definition) is 2. The molecule has 18 heavy (non-hydrogen) atoms. The van der Waals surface area contributed by atoms with Gasteiger partial charge in [-0.3, -0.25) is 0 Å². The van der Waals surface area contributed by atoms with Crippen LogP contribution >= 0.6 is 0 Å². The van der Waals surface area contributed by atoms with Gasteiger partial charge in [0.2, 0.25) is 0 Å². The van der Waals surface area contributed by atoms with Crippen LogP contribution in [0.4, 0.5) is 4.39 Å². The summed E-state index contributed by atoms with van der Waals surface area (Å²) in [5, 5.41) is 0. The maximum absolute atomic E-state index is 12.9. The van der Waals surface area contributed by atoms with E-state index in [4.69, 9.17) is 10.5 Å². The van der Waals surface area contributed by atoms with E-state index in [1.807, 2.05) is 12.1 Å². The van der Waals surface area contributed by atoms with E-state index in [-0.39, 0.29) is 17.5 Å². The number of benzene rings is 1. The first kappa shape index (κ1) is 12.1. The quantitative estimate of drug-likeness (QED) is 0.873. The van der Waals surface area contributed by atoms with Crippen molar-refractivity contribution in [2.24, 2.45) is 11.7 Å². The van der Waals surface area contributed by atoms with E-state index in [1.165, 1.54) is 31.4 Å². The molecular weight excluding hydrogens is 229 g/mol. The molecular formula is C15H20FNO. The fraction of sp³-hybridized carbons (Fsp3) is 0.600.